The minimum Gasteiger partial charge on any atom is -0.135 e. The van der Waals surface area contributed by atoms with E-state index in [-0.39, 0.29) is 0 Å². The lowest BCUT2D eigenvalue weighted by Crippen LogP contribution is -2.00. The number of allylic oxidation sites excluding steroid dienone is 12. The van der Waals surface area contributed by atoms with Gasteiger partial charge in [0.25, 0.3) is 0 Å². The first-order chi connectivity index (χ1) is 17.3. The Bertz CT molecular complexity index is 1620. The van der Waals surface area contributed by atoms with Crippen LogP contribution in [-0.4, -0.2) is 0 Å². The lowest BCUT2D eigenvalue weighted by Gasteiger charge is -2.20. The summed E-state index contributed by atoms with van der Waals surface area (Å²) in [6, 6.07) is 6.96. The van der Waals surface area contributed by atoms with Crippen molar-refractivity contribution in [1.82, 2.24) is 0 Å². The van der Waals surface area contributed by atoms with Crippen molar-refractivity contribution in [1.29, 1.82) is 0 Å². The van der Waals surface area contributed by atoms with E-state index in [1.54, 1.807) is 5.56 Å². The van der Waals surface area contributed by atoms with Crippen LogP contribution in [0, 0.1) is 17.8 Å². The molecule has 0 N–H and O–H groups in total. The van der Waals surface area contributed by atoms with Crippen molar-refractivity contribution in [2.75, 3.05) is 0 Å². The largest absolute Gasteiger partial charge is 0.135 e. The van der Waals surface area contributed by atoms with Gasteiger partial charge in [-0.15, -0.1) is 11.3 Å². The van der Waals surface area contributed by atoms with Crippen molar-refractivity contribution in [3.63, 3.8) is 0 Å². The van der Waals surface area contributed by atoms with Gasteiger partial charge >= 0.3 is 0 Å². The van der Waals surface area contributed by atoms with Crippen LogP contribution in [0.2, 0.25) is 0 Å². The maximum absolute atomic E-state index is 3.87. The summed E-state index contributed by atoms with van der Waals surface area (Å²) < 4.78 is 2.69. The molecule has 0 spiro atoms. The molecule has 1 aromatic carbocycles. The van der Waals surface area contributed by atoms with Gasteiger partial charge in [0.1, 0.15) is 0 Å². The minimum absolute atomic E-state index is 0.509. The molecule has 5 aliphatic carbocycles. The number of thioether (sulfide) groups is 1. The van der Waals surface area contributed by atoms with Crippen molar-refractivity contribution in [3.05, 3.63) is 120 Å². The molecule has 1 fully saturated rings. The van der Waals surface area contributed by atoms with Gasteiger partial charge in [0.05, 0.1) is 4.91 Å². The van der Waals surface area contributed by atoms with Gasteiger partial charge in [-0.1, -0.05) is 88.1 Å². The SMILES string of the molecule is BrC1=CC2C(C(c3cccc4c5c(sc34)C=CCC5)=C1)[C@H]2C1=CC=CC2=C=C1SC1=C2CCC=C1. The van der Waals surface area contributed by atoms with Gasteiger partial charge in [-0.25, -0.2) is 0 Å². The summed E-state index contributed by atoms with van der Waals surface area (Å²) in [5.41, 5.74) is 12.5. The minimum atomic E-state index is 0.509. The quantitative estimate of drug-likeness (QED) is 0.335. The van der Waals surface area contributed by atoms with Crippen LogP contribution in [0.3, 0.4) is 0 Å². The summed E-state index contributed by atoms with van der Waals surface area (Å²) in [7, 11) is 0. The molecule has 1 aromatic heterocycles. The Morgan fingerprint density at radius 3 is 2.83 bits per heavy atom. The molecule has 3 heteroatoms. The van der Waals surface area contributed by atoms with E-state index in [1.807, 2.05) is 23.1 Å². The molecule has 8 rings (SSSR count). The zero-order chi connectivity index (χ0) is 23.1. The Labute approximate surface area is 222 Å². The zero-order valence-electron chi connectivity index (χ0n) is 19.2. The maximum atomic E-state index is 3.87. The third-order valence-electron chi connectivity index (χ3n) is 8.14. The average Bonchev–Trinajstić information content (AvgIpc) is 3.50. The molecule has 2 unspecified atom stereocenters. The van der Waals surface area contributed by atoms with Crippen LogP contribution in [-0.2, 0) is 6.42 Å². The Morgan fingerprint density at radius 1 is 0.971 bits per heavy atom. The Balaban J connectivity index is 1.21. The summed E-state index contributed by atoms with van der Waals surface area (Å²) in [4.78, 5) is 4.21. The van der Waals surface area contributed by atoms with Gasteiger partial charge in [-0.2, -0.15) is 0 Å². The Hall–Kier alpha value is -2.29. The van der Waals surface area contributed by atoms with Crippen LogP contribution >= 0.6 is 39.0 Å². The van der Waals surface area contributed by atoms with Crippen molar-refractivity contribution in [2.45, 2.75) is 25.7 Å². The summed E-state index contributed by atoms with van der Waals surface area (Å²) in [6.45, 7) is 0. The van der Waals surface area contributed by atoms with Crippen molar-refractivity contribution in [3.8, 4) is 0 Å². The van der Waals surface area contributed by atoms with Crippen LogP contribution in [0.5, 0.6) is 0 Å². The summed E-state index contributed by atoms with van der Waals surface area (Å²) in [6.07, 6.45) is 25.7. The molecule has 6 aliphatic rings. The van der Waals surface area contributed by atoms with Crippen molar-refractivity contribution >= 4 is 60.8 Å². The second-order valence-electron chi connectivity index (χ2n) is 10.1. The van der Waals surface area contributed by atoms with Gasteiger partial charge in [0.15, 0.2) is 0 Å². The van der Waals surface area contributed by atoms with Gasteiger partial charge in [0.2, 0.25) is 0 Å². The van der Waals surface area contributed by atoms with Crippen LogP contribution in [0.1, 0.15) is 35.3 Å². The fourth-order valence-corrected chi connectivity index (χ4v) is 9.57. The second-order valence-corrected chi connectivity index (χ2v) is 13.1. The monoisotopic (exact) mass is 550 g/mol. The molecule has 0 nitrogen and oxygen atoms in total. The summed E-state index contributed by atoms with van der Waals surface area (Å²) in [5, 5.41) is 1.46. The number of benzene rings is 1. The van der Waals surface area contributed by atoms with E-state index >= 15 is 0 Å². The van der Waals surface area contributed by atoms with Gasteiger partial charge in [-0.05, 0) is 89.0 Å². The van der Waals surface area contributed by atoms with Crippen molar-refractivity contribution in [2.24, 2.45) is 17.8 Å². The Kier molecular flexibility index (Phi) is 4.68. The highest BCUT2D eigenvalue weighted by atomic mass is 79.9. The standard InChI is InChI=1S/C32H23BrS2/c33-19-16-25(23-11-6-10-22-21-9-2-4-14-28(21)35-32(22)23)31-26(17-19)30(31)24-12-5-7-18-15-29(24)34-27-13-3-1-8-20(18)27/h3-7,10-14,16-17,26,30-31H,1-2,8-9H2/t26?,30-,31?/m0/s1. The fourth-order valence-electron chi connectivity index (χ4n) is 6.50. The normalized spacial score (nSPS) is 27.8. The number of hydrogen-bond donors (Lipinski definition) is 0. The highest BCUT2D eigenvalue weighted by Gasteiger charge is 2.55. The molecule has 1 saturated carbocycles. The summed E-state index contributed by atoms with van der Waals surface area (Å²) in [5.74, 6) is 1.59. The molecule has 2 bridgehead atoms. The van der Waals surface area contributed by atoms with Crippen LogP contribution < -0.4 is 0 Å². The molecular weight excluding hydrogens is 528 g/mol. The number of aryl methyl sites for hydroxylation is 1. The lowest BCUT2D eigenvalue weighted by molar-refractivity contribution is 0.943. The third kappa shape index (κ3) is 3.19. The molecule has 2 aromatic rings. The predicted molar refractivity (Wildman–Crippen MR) is 155 cm³/mol. The van der Waals surface area contributed by atoms with Crippen LogP contribution in [0.25, 0.3) is 21.7 Å². The smallest absolute Gasteiger partial charge is 0.0582 e. The number of halogens is 1. The average molecular weight is 552 g/mol. The van der Waals surface area contributed by atoms with E-state index in [0.717, 1.165) is 25.7 Å². The van der Waals surface area contributed by atoms with Crippen molar-refractivity contribution < 1.29 is 0 Å². The molecule has 0 radical (unpaired) electrons. The predicted octanol–water partition coefficient (Wildman–Crippen LogP) is 9.65. The zero-order valence-corrected chi connectivity index (χ0v) is 22.4. The van der Waals surface area contributed by atoms with Gasteiger partial charge in [-0.3, -0.25) is 0 Å². The molecule has 3 atom stereocenters. The fraction of sp³-hybridized carbons (Fsp3) is 0.219. The van der Waals surface area contributed by atoms with E-state index in [1.165, 1.54) is 57.1 Å². The summed E-state index contributed by atoms with van der Waals surface area (Å²) >= 11 is 7.79. The lowest BCUT2D eigenvalue weighted by atomic mass is 9.93. The first kappa shape index (κ1) is 20.9. The van der Waals surface area contributed by atoms with E-state index in [0.29, 0.717) is 17.8 Å². The van der Waals surface area contributed by atoms with Crippen LogP contribution in [0.15, 0.2) is 104 Å². The van der Waals surface area contributed by atoms with Crippen LogP contribution in [0.4, 0.5) is 0 Å². The second kappa shape index (κ2) is 7.85. The third-order valence-corrected chi connectivity index (χ3v) is 11.0. The number of fused-ring (bicyclic) bond motifs is 5. The molecule has 0 saturated heterocycles. The topological polar surface area (TPSA) is 0 Å². The number of thiophene rings is 1. The number of rotatable bonds is 2. The van der Waals surface area contributed by atoms with Gasteiger partial charge < -0.3 is 0 Å². The van der Waals surface area contributed by atoms with Gasteiger partial charge in [0, 0.05) is 30.5 Å². The molecule has 1 aliphatic heterocycles. The highest BCUT2D eigenvalue weighted by molar-refractivity contribution is 9.11. The molecular formula is C32H23BrS2. The first-order valence-electron chi connectivity index (χ1n) is 12.5. The van der Waals surface area contributed by atoms with E-state index < -0.39 is 0 Å². The Morgan fingerprint density at radius 2 is 1.86 bits per heavy atom. The maximum Gasteiger partial charge on any atom is 0.0582 e. The van der Waals surface area contributed by atoms with E-state index in [9.17, 15) is 0 Å². The molecule has 35 heavy (non-hydrogen) atoms. The van der Waals surface area contributed by atoms with E-state index in [2.05, 4.69) is 94.5 Å². The molecule has 2 heterocycles. The van der Waals surface area contributed by atoms with E-state index in [4.69, 9.17) is 0 Å². The molecule has 0 amide bonds. The molecule has 170 valence electrons. The number of hydrogen-bond acceptors (Lipinski definition) is 2. The highest BCUT2D eigenvalue weighted by Crippen LogP contribution is 2.64. The first-order valence-corrected chi connectivity index (χ1v) is 15.0.